The molecule has 1 fully saturated rings. The summed E-state index contributed by atoms with van der Waals surface area (Å²) in [6.07, 6.45) is 2.59. The van der Waals surface area contributed by atoms with E-state index < -0.39 is 0 Å². The molecule has 0 saturated heterocycles. The van der Waals surface area contributed by atoms with Crippen molar-refractivity contribution in [3.8, 4) is 0 Å². The topological polar surface area (TPSA) is 64.1 Å². The molecule has 0 radical (unpaired) electrons. The molecule has 4 heteroatoms. The standard InChI is InChI=1S/C10H15N3.ClH/c11-8-1-4-10(12)7(5-8)6-13-9-2-3-9;/h1,4-5,9,13H,2-3,6,11-12H2;1H. The van der Waals surface area contributed by atoms with Crippen molar-refractivity contribution in [2.45, 2.75) is 25.4 Å². The quantitative estimate of drug-likeness (QED) is 0.668. The smallest absolute Gasteiger partial charge is 0.0361 e. The molecular formula is C10H16ClN3. The average Bonchev–Trinajstić information content (AvgIpc) is 2.90. The van der Waals surface area contributed by atoms with Crippen LogP contribution in [0.4, 0.5) is 11.4 Å². The van der Waals surface area contributed by atoms with Gasteiger partial charge in [-0.15, -0.1) is 12.4 Å². The Morgan fingerprint density at radius 1 is 1.29 bits per heavy atom. The molecule has 2 rings (SSSR count). The molecule has 0 atom stereocenters. The van der Waals surface area contributed by atoms with Crippen molar-refractivity contribution in [1.29, 1.82) is 0 Å². The van der Waals surface area contributed by atoms with E-state index in [1.54, 1.807) is 0 Å². The van der Waals surface area contributed by atoms with Crippen molar-refractivity contribution < 1.29 is 0 Å². The summed E-state index contributed by atoms with van der Waals surface area (Å²) in [6, 6.07) is 6.33. The molecule has 0 unspecified atom stereocenters. The molecular weight excluding hydrogens is 198 g/mol. The van der Waals surface area contributed by atoms with Gasteiger partial charge in [-0.3, -0.25) is 0 Å². The first kappa shape index (κ1) is 11.1. The molecule has 0 aliphatic heterocycles. The summed E-state index contributed by atoms with van der Waals surface area (Å²) in [5.74, 6) is 0. The molecule has 3 nitrogen and oxygen atoms in total. The van der Waals surface area contributed by atoms with Crippen LogP contribution >= 0.6 is 12.4 Å². The van der Waals surface area contributed by atoms with Gasteiger partial charge in [0, 0.05) is 24.0 Å². The Kier molecular flexibility index (Phi) is 3.61. The number of rotatable bonds is 3. The molecule has 0 aromatic heterocycles. The summed E-state index contributed by atoms with van der Waals surface area (Å²) in [5.41, 5.74) is 14.2. The fourth-order valence-corrected chi connectivity index (χ4v) is 1.32. The minimum Gasteiger partial charge on any atom is -0.399 e. The zero-order valence-corrected chi connectivity index (χ0v) is 8.81. The summed E-state index contributed by atoms with van der Waals surface area (Å²) in [5, 5.41) is 3.41. The number of hydrogen-bond acceptors (Lipinski definition) is 3. The predicted molar refractivity (Wildman–Crippen MR) is 62.4 cm³/mol. The van der Waals surface area contributed by atoms with Crippen LogP contribution in [0.5, 0.6) is 0 Å². The molecule has 78 valence electrons. The van der Waals surface area contributed by atoms with E-state index in [2.05, 4.69) is 5.32 Å². The van der Waals surface area contributed by atoms with E-state index in [1.165, 1.54) is 12.8 Å². The Labute approximate surface area is 90.3 Å². The van der Waals surface area contributed by atoms with Gasteiger partial charge in [-0.1, -0.05) is 0 Å². The van der Waals surface area contributed by atoms with Crippen molar-refractivity contribution in [2.75, 3.05) is 11.5 Å². The lowest BCUT2D eigenvalue weighted by Crippen LogP contribution is -2.16. The number of nitrogens with two attached hydrogens (primary N) is 2. The maximum absolute atomic E-state index is 5.80. The van der Waals surface area contributed by atoms with E-state index >= 15 is 0 Å². The van der Waals surface area contributed by atoms with Gasteiger partial charge < -0.3 is 16.8 Å². The Morgan fingerprint density at radius 2 is 2.00 bits per heavy atom. The van der Waals surface area contributed by atoms with Crippen LogP contribution in [-0.4, -0.2) is 6.04 Å². The van der Waals surface area contributed by atoms with E-state index in [0.717, 1.165) is 23.5 Å². The normalized spacial score (nSPS) is 14.9. The largest absolute Gasteiger partial charge is 0.399 e. The van der Waals surface area contributed by atoms with Crippen LogP contribution < -0.4 is 16.8 Å². The van der Waals surface area contributed by atoms with Gasteiger partial charge in [0.15, 0.2) is 0 Å². The highest BCUT2D eigenvalue weighted by molar-refractivity contribution is 5.85. The van der Waals surface area contributed by atoms with Crippen LogP contribution in [0.25, 0.3) is 0 Å². The third kappa shape index (κ3) is 2.79. The molecule has 0 heterocycles. The lowest BCUT2D eigenvalue weighted by molar-refractivity contribution is 0.689. The summed E-state index contributed by atoms with van der Waals surface area (Å²) in [4.78, 5) is 0. The zero-order chi connectivity index (χ0) is 9.26. The van der Waals surface area contributed by atoms with Gasteiger partial charge in [0.1, 0.15) is 0 Å². The first-order chi connectivity index (χ1) is 6.25. The molecule has 0 amide bonds. The van der Waals surface area contributed by atoms with Gasteiger partial charge >= 0.3 is 0 Å². The van der Waals surface area contributed by atoms with Crippen LogP contribution in [-0.2, 0) is 6.54 Å². The van der Waals surface area contributed by atoms with Crippen molar-refractivity contribution in [3.63, 3.8) is 0 Å². The third-order valence-corrected chi connectivity index (χ3v) is 2.33. The monoisotopic (exact) mass is 213 g/mol. The lowest BCUT2D eigenvalue weighted by atomic mass is 10.1. The van der Waals surface area contributed by atoms with Crippen LogP contribution in [0.3, 0.4) is 0 Å². The van der Waals surface area contributed by atoms with E-state index in [1.807, 2.05) is 18.2 Å². The lowest BCUT2D eigenvalue weighted by Gasteiger charge is -2.07. The minimum absolute atomic E-state index is 0. The number of halogens is 1. The number of nitrogens with one attached hydrogen (secondary N) is 1. The average molecular weight is 214 g/mol. The van der Waals surface area contributed by atoms with Crippen molar-refractivity contribution >= 4 is 23.8 Å². The molecule has 1 aliphatic carbocycles. The van der Waals surface area contributed by atoms with Crippen LogP contribution in [0.2, 0.25) is 0 Å². The summed E-state index contributed by atoms with van der Waals surface area (Å²) in [7, 11) is 0. The van der Waals surface area contributed by atoms with Gasteiger partial charge in [0.05, 0.1) is 0 Å². The van der Waals surface area contributed by atoms with Crippen molar-refractivity contribution in [2.24, 2.45) is 0 Å². The second kappa shape index (κ2) is 4.53. The third-order valence-electron chi connectivity index (χ3n) is 2.33. The Morgan fingerprint density at radius 3 is 2.64 bits per heavy atom. The Bertz CT molecular complexity index is 310. The molecule has 0 spiro atoms. The highest BCUT2D eigenvalue weighted by Crippen LogP contribution is 2.21. The van der Waals surface area contributed by atoms with Crippen molar-refractivity contribution in [3.05, 3.63) is 23.8 Å². The van der Waals surface area contributed by atoms with E-state index in [4.69, 9.17) is 11.5 Å². The highest BCUT2D eigenvalue weighted by Gasteiger charge is 2.20. The van der Waals surface area contributed by atoms with Crippen LogP contribution in [0.15, 0.2) is 18.2 Å². The zero-order valence-electron chi connectivity index (χ0n) is 7.99. The predicted octanol–water partition coefficient (Wildman–Crippen LogP) is 1.52. The first-order valence-electron chi connectivity index (χ1n) is 4.63. The summed E-state index contributed by atoms with van der Waals surface area (Å²) >= 11 is 0. The summed E-state index contributed by atoms with van der Waals surface area (Å²) < 4.78 is 0. The fourth-order valence-electron chi connectivity index (χ4n) is 1.32. The molecule has 0 bridgehead atoms. The first-order valence-corrected chi connectivity index (χ1v) is 4.63. The van der Waals surface area contributed by atoms with Crippen molar-refractivity contribution in [1.82, 2.24) is 5.32 Å². The van der Waals surface area contributed by atoms with E-state index in [0.29, 0.717) is 6.04 Å². The molecule has 1 saturated carbocycles. The number of hydrogen-bond donors (Lipinski definition) is 3. The molecule has 1 aromatic rings. The second-order valence-corrected chi connectivity index (χ2v) is 3.61. The maximum atomic E-state index is 5.80. The fraction of sp³-hybridized carbons (Fsp3) is 0.400. The van der Waals surface area contributed by atoms with Gasteiger partial charge in [0.2, 0.25) is 0 Å². The number of anilines is 2. The van der Waals surface area contributed by atoms with Gasteiger partial charge in [-0.05, 0) is 36.6 Å². The molecule has 1 aliphatic rings. The SMILES string of the molecule is Cl.Nc1ccc(N)c(CNC2CC2)c1. The second-order valence-electron chi connectivity index (χ2n) is 3.61. The van der Waals surface area contributed by atoms with Crippen LogP contribution in [0, 0.1) is 0 Å². The van der Waals surface area contributed by atoms with Crippen LogP contribution in [0.1, 0.15) is 18.4 Å². The van der Waals surface area contributed by atoms with Gasteiger partial charge in [-0.25, -0.2) is 0 Å². The minimum atomic E-state index is 0. The van der Waals surface area contributed by atoms with E-state index in [-0.39, 0.29) is 12.4 Å². The van der Waals surface area contributed by atoms with Gasteiger partial charge in [0.25, 0.3) is 0 Å². The maximum Gasteiger partial charge on any atom is 0.0361 e. The van der Waals surface area contributed by atoms with E-state index in [9.17, 15) is 0 Å². The number of nitrogen functional groups attached to an aromatic ring is 2. The number of benzene rings is 1. The van der Waals surface area contributed by atoms with Gasteiger partial charge in [-0.2, -0.15) is 0 Å². The summed E-state index contributed by atoms with van der Waals surface area (Å²) in [6.45, 7) is 0.835. The Hall–Kier alpha value is -0.930. The molecule has 5 N–H and O–H groups in total. The molecule has 1 aromatic carbocycles. The highest BCUT2D eigenvalue weighted by atomic mass is 35.5. The Balaban J connectivity index is 0.000000980. The molecule has 14 heavy (non-hydrogen) atoms.